The molecule has 0 bridgehead atoms. The molecule has 2 aromatic carbocycles. The minimum atomic E-state index is -3.82. The molecule has 1 aliphatic rings. The molecular formula is C15H10ClF2NO4. The van der Waals surface area contributed by atoms with Crippen molar-refractivity contribution < 1.29 is 27.8 Å². The molecule has 0 fully saturated rings. The topological polar surface area (TPSA) is 70.8 Å². The summed E-state index contributed by atoms with van der Waals surface area (Å²) in [4.78, 5) is 11.4. The highest BCUT2D eigenvalue weighted by Crippen LogP contribution is 2.48. The Labute approximate surface area is 134 Å². The molecule has 0 atom stereocenters. The lowest BCUT2D eigenvalue weighted by Gasteiger charge is -2.10. The third-order valence-corrected chi connectivity index (χ3v) is 3.55. The van der Waals surface area contributed by atoms with Crippen molar-refractivity contribution in [2.24, 2.45) is 5.73 Å². The monoisotopic (exact) mass is 341 g/mol. The summed E-state index contributed by atoms with van der Waals surface area (Å²) in [5, 5.41) is 0.272. The van der Waals surface area contributed by atoms with Crippen LogP contribution in [0.3, 0.4) is 0 Å². The largest absolute Gasteiger partial charge is 0.586 e. The van der Waals surface area contributed by atoms with E-state index >= 15 is 0 Å². The number of amides is 1. The van der Waals surface area contributed by atoms with Crippen molar-refractivity contribution in [3.8, 4) is 28.4 Å². The molecule has 2 N–H and O–H groups in total. The van der Waals surface area contributed by atoms with Crippen molar-refractivity contribution in [3.63, 3.8) is 0 Å². The van der Waals surface area contributed by atoms with Crippen LogP contribution < -0.4 is 19.9 Å². The first-order valence-corrected chi connectivity index (χ1v) is 6.76. The van der Waals surface area contributed by atoms with Gasteiger partial charge in [-0.1, -0.05) is 17.7 Å². The fourth-order valence-electron chi connectivity index (χ4n) is 2.24. The van der Waals surface area contributed by atoms with Crippen molar-refractivity contribution in [3.05, 3.63) is 40.9 Å². The number of carbonyl (C=O) groups is 1. The van der Waals surface area contributed by atoms with Crippen LogP contribution in [-0.4, -0.2) is 19.3 Å². The summed E-state index contributed by atoms with van der Waals surface area (Å²) < 4.78 is 40.7. The quantitative estimate of drug-likeness (QED) is 0.928. The fraction of sp³-hybridized carbons (Fsp3) is 0.133. The lowest BCUT2D eigenvalue weighted by molar-refractivity contribution is -0.286. The molecule has 5 nitrogen and oxygen atoms in total. The van der Waals surface area contributed by atoms with Crippen LogP contribution in [0.15, 0.2) is 30.3 Å². The SMILES string of the molecule is COc1ccc(-c2cc(C(N)=O)cc3c2OC(F)(F)O3)cc1Cl. The summed E-state index contributed by atoms with van der Waals surface area (Å²) in [6.45, 7) is 0. The summed E-state index contributed by atoms with van der Waals surface area (Å²) in [5.74, 6) is -0.831. The summed E-state index contributed by atoms with van der Waals surface area (Å²) in [6.07, 6.45) is -3.82. The second-order valence-corrected chi connectivity index (χ2v) is 5.14. The van der Waals surface area contributed by atoms with Gasteiger partial charge in [-0.2, -0.15) is 0 Å². The summed E-state index contributed by atoms with van der Waals surface area (Å²) in [6, 6.07) is 7.09. The molecule has 0 saturated carbocycles. The Morgan fingerprint density at radius 1 is 1.26 bits per heavy atom. The van der Waals surface area contributed by atoms with E-state index in [4.69, 9.17) is 22.1 Å². The minimum absolute atomic E-state index is 0.00647. The van der Waals surface area contributed by atoms with Gasteiger partial charge in [0.2, 0.25) is 5.91 Å². The van der Waals surface area contributed by atoms with E-state index in [0.29, 0.717) is 11.3 Å². The number of hydrogen-bond acceptors (Lipinski definition) is 4. The predicted octanol–water partition coefficient (Wildman–Crippen LogP) is 3.44. The smallest absolute Gasteiger partial charge is 0.495 e. The molecule has 2 aromatic rings. The average Bonchev–Trinajstić information content (AvgIpc) is 2.79. The molecule has 3 rings (SSSR count). The number of rotatable bonds is 3. The molecule has 0 spiro atoms. The minimum Gasteiger partial charge on any atom is -0.495 e. The van der Waals surface area contributed by atoms with E-state index in [1.54, 1.807) is 12.1 Å². The normalized spacial score (nSPS) is 14.6. The van der Waals surface area contributed by atoms with Crippen molar-refractivity contribution in [1.29, 1.82) is 0 Å². The molecule has 8 heteroatoms. The zero-order valence-electron chi connectivity index (χ0n) is 11.7. The number of methoxy groups -OCH3 is 1. The molecule has 0 aromatic heterocycles. The van der Waals surface area contributed by atoms with Gasteiger partial charge in [0.25, 0.3) is 0 Å². The van der Waals surface area contributed by atoms with Gasteiger partial charge in [-0.25, -0.2) is 0 Å². The summed E-state index contributed by atoms with van der Waals surface area (Å²) >= 11 is 6.05. The van der Waals surface area contributed by atoms with Crippen LogP contribution in [0.5, 0.6) is 17.2 Å². The maximum Gasteiger partial charge on any atom is 0.586 e. The van der Waals surface area contributed by atoms with Gasteiger partial charge in [-0.05, 0) is 29.8 Å². The van der Waals surface area contributed by atoms with Crippen LogP contribution in [0.25, 0.3) is 11.1 Å². The second-order valence-electron chi connectivity index (χ2n) is 4.73. The Kier molecular flexibility index (Phi) is 3.52. The van der Waals surface area contributed by atoms with Gasteiger partial charge in [0, 0.05) is 11.1 Å². The van der Waals surface area contributed by atoms with Gasteiger partial charge >= 0.3 is 6.29 Å². The predicted molar refractivity (Wildman–Crippen MR) is 78.2 cm³/mol. The van der Waals surface area contributed by atoms with Gasteiger partial charge < -0.3 is 19.9 Å². The van der Waals surface area contributed by atoms with Crippen LogP contribution in [0.2, 0.25) is 5.02 Å². The number of primary amides is 1. The number of hydrogen-bond donors (Lipinski definition) is 1. The molecule has 0 saturated heterocycles. The van der Waals surface area contributed by atoms with E-state index in [-0.39, 0.29) is 27.6 Å². The number of carbonyl (C=O) groups excluding carboxylic acids is 1. The molecule has 23 heavy (non-hydrogen) atoms. The molecule has 0 radical (unpaired) electrons. The molecule has 1 aliphatic heterocycles. The van der Waals surface area contributed by atoms with Crippen molar-refractivity contribution >= 4 is 17.5 Å². The first-order valence-electron chi connectivity index (χ1n) is 6.38. The first-order chi connectivity index (χ1) is 10.8. The van der Waals surface area contributed by atoms with Crippen LogP contribution >= 0.6 is 11.6 Å². The Morgan fingerprint density at radius 2 is 2.00 bits per heavy atom. The zero-order chi connectivity index (χ0) is 16.8. The third-order valence-electron chi connectivity index (χ3n) is 3.25. The second kappa shape index (κ2) is 5.27. The van der Waals surface area contributed by atoms with Gasteiger partial charge in [0.15, 0.2) is 11.5 Å². The number of halogens is 3. The standard InChI is InChI=1S/C15H10ClF2NO4/c1-21-11-3-2-7(5-10(11)16)9-4-8(14(19)20)6-12-13(9)23-15(17,18)22-12/h2-6H,1H3,(H2,19,20). The highest BCUT2D eigenvalue weighted by molar-refractivity contribution is 6.32. The highest BCUT2D eigenvalue weighted by atomic mass is 35.5. The van der Waals surface area contributed by atoms with Crippen LogP contribution in [0.4, 0.5) is 8.78 Å². The van der Waals surface area contributed by atoms with E-state index in [1.807, 2.05) is 0 Å². The molecule has 1 amide bonds. The number of benzene rings is 2. The lowest BCUT2D eigenvalue weighted by atomic mass is 10.0. The molecule has 0 unspecified atom stereocenters. The van der Waals surface area contributed by atoms with Gasteiger partial charge in [0.05, 0.1) is 12.1 Å². The van der Waals surface area contributed by atoms with Crippen LogP contribution in [-0.2, 0) is 0 Å². The molecule has 0 aliphatic carbocycles. The number of alkyl halides is 2. The Balaban J connectivity index is 2.19. The number of ether oxygens (including phenoxy) is 3. The third kappa shape index (κ3) is 2.75. The Hall–Kier alpha value is -2.54. The van der Waals surface area contributed by atoms with Crippen LogP contribution in [0, 0.1) is 0 Å². The Morgan fingerprint density at radius 3 is 2.61 bits per heavy atom. The van der Waals surface area contributed by atoms with Gasteiger partial charge in [0.1, 0.15) is 5.75 Å². The number of fused-ring (bicyclic) bond motifs is 1. The lowest BCUT2D eigenvalue weighted by Crippen LogP contribution is -2.26. The highest BCUT2D eigenvalue weighted by Gasteiger charge is 2.45. The maximum absolute atomic E-state index is 13.4. The van der Waals surface area contributed by atoms with E-state index in [9.17, 15) is 13.6 Å². The van der Waals surface area contributed by atoms with Crippen molar-refractivity contribution in [1.82, 2.24) is 0 Å². The van der Waals surface area contributed by atoms with Gasteiger partial charge in [-0.3, -0.25) is 4.79 Å². The van der Waals surface area contributed by atoms with E-state index in [1.165, 1.54) is 19.2 Å². The first kappa shape index (κ1) is 15.4. The average molecular weight is 342 g/mol. The van der Waals surface area contributed by atoms with Crippen molar-refractivity contribution in [2.75, 3.05) is 7.11 Å². The van der Waals surface area contributed by atoms with E-state index < -0.39 is 12.2 Å². The fourth-order valence-corrected chi connectivity index (χ4v) is 2.50. The molecule has 120 valence electrons. The Bertz CT molecular complexity index is 810. The van der Waals surface area contributed by atoms with E-state index in [0.717, 1.165) is 6.07 Å². The molecular weight excluding hydrogens is 332 g/mol. The molecule has 1 heterocycles. The van der Waals surface area contributed by atoms with E-state index in [2.05, 4.69) is 9.47 Å². The van der Waals surface area contributed by atoms with Crippen molar-refractivity contribution in [2.45, 2.75) is 6.29 Å². The van der Waals surface area contributed by atoms with Gasteiger partial charge in [-0.15, -0.1) is 8.78 Å². The zero-order valence-corrected chi connectivity index (χ0v) is 12.5. The van der Waals surface area contributed by atoms with Crippen LogP contribution in [0.1, 0.15) is 10.4 Å². The maximum atomic E-state index is 13.4. The summed E-state index contributed by atoms with van der Waals surface area (Å²) in [5.41, 5.74) is 5.88. The summed E-state index contributed by atoms with van der Waals surface area (Å²) in [7, 11) is 1.45. The number of nitrogens with two attached hydrogens (primary N) is 1.